The maximum Gasteiger partial charge on any atom is 0.207 e. The van der Waals surface area contributed by atoms with Gasteiger partial charge >= 0.3 is 0 Å². The van der Waals surface area contributed by atoms with E-state index in [1.54, 1.807) is 4.90 Å². The Kier molecular flexibility index (Phi) is 4.35. The molecule has 0 aliphatic carbocycles. The highest BCUT2D eigenvalue weighted by molar-refractivity contribution is 7.71. The second-order valence-corrected chi connectivity index (χ2v) is 7.69. The monoisotopic (exact) mass is 357 g/mol. The Morgan fingerprint density at radius 3 is 2.96 bits per heavy atom. The molecule has 0 amide bonds. The predicted octanol–water partition coefficient (Wildman–Crippen LogP) is 3.15. The summed E-state index contributed by atoms with van der Waals surface area (Å²) in [5.41, 5.74) is 2.32. The fourth-order valence-electron chi connectivity index (χ4n) is 3.57. The van der Waals surface area contributed by atoms with Crippen LogP contribution in [0.15, 0.2) is 48.1 Å². The molecule has 6 heteroatoms. The summed E-state index contributed by atoms with van der Waals surface area (Å²) in [6.45, 7) is 4.12. The molecule has 4 rings (SSSR count). The third-order valence-corrected chi connectivity index (χ3v) is 6.22. The third-order valence-electron chi connectivity index (χ3n) is 4.83. The minimum absolute atomic E-state index is 0.579. The number of benzene rings is 1. The van der Waals surface area contributed by atoms with E-state index < -0.39 is 0 Å². The lowest BCUT2D eigenvalue weighted by molar-refractivity contribution is -0.941. The van der Waals surface area contributed by atoms with E-state index in [9.17, 15) is 0 Å². The standard InChI is InChI=1S/C18H20N4S2/c1-14-6-2-3-7-15(14)21-12-19-22(18(21)23)13-20-10-4-8-16(20)17-9-5-11-24-17/h2-3,5-7,9,11-12,16H,4,8,10,13H2,1H3/p+1/t16-/m0/s1. The minimum Gasteiger partial charge on any atom is -0.309 e. The van der Waals surface area contributed by atoms with Gasteiger partial charge in [-0.1, -0.05) is 24.3 Å². The smallest absolute Gasteiger partial charge is 0.207 e. The van der Waals surface area contributed by atoms with Gasteiger partial charge in [0.2, 0.25) is 4.77 Å². The van der Waals surface area contributed by atoms with Crippen LogP contribution in [-0.2, 0) is 6.67 Å². The maximum absolute atomic E-state index is 5.69. The molecule has 0 saturated carbocycles. The molecule has 2 atom stereocenters. The minimum atomic E-state index is 0.579. The number of hydrogen-bond acceptors (Lipinski definition) is 3. The molecule has 2 aromatic heterocycles. The molecule has 0 radical (unpaired) electrons. The fraction of sp³-hybridized carbons (Fsp3) is 0.333. The van der Waals surface area contributed by atoms with Crippen LogP contribution in [0.1, 0.15) is 29.3 Å². The zero-order chi connectivity index (χ0) is 16.5. The van der Waals surface area contributed by atoms with Crippen molar-refractivity contribution in [1.82, 2.24) is 14.3 Å². The topological polar surface area (TPSA) is 27.2 Å². The van der Waals surface area contributed by atoms with E-state index >= 15 is 0 Å². The molecule has 4 nitrogen and oxygen atoms in total. The summed E-state index contributed by atoms with van der Waals surface area (Å²) in [5.74, 6) is 0. The zero-order valence-corrected chi connectivity index (χ0v) is 15.3. The highest BCUT2D eigenvalue weighted by Gasteiger charge is 2.31. The quantitative estimate of drug-likeness (QED) is 0.726. The van der Waals surface area contributed by atoms with Crippen LogP contribution in [-0.4, -0.2) is 20.9 Å². The van der Waals surface area contributed by atoms with Crippen molar-refractivity contribution in [1.29, 1.82) is 0 Å². The number of nitrogens with zero attached hydrogens (tertiary/aromatic N) is 3. The highest BCUT2D eigenvalue weighted by atomic mass is 32.1. The van der Waals surface area contributed by atoms with Crippen molar-refractivity contribution in [2.24, 2.45) is 0 Å². The number of likely N-dealkylation sites (tertiary alicyclic amines) is 1. The van der Waals surface area contributed by atoms with Crippen LogP contribution in [0.5, 0.6) is 0 Å². The highest BCUT2D eigenvalue weighted by Crippen LogP contribution is 2.23. The van der Waals surface area contributed by atoms with E-state index in [0.717, 1.165) is 17.1 Å². The SMILES string of the molecule is Cc1ccccc1-n1cnn(C[NH+]2CCC[C@H]2c2cccs2)c1=S. The van der Waals surface area contributed by atoms with Gasteiger partial charge in [-0.05, 0) is 42.2 Å². The van der Waals surface area contributed by atoms with Gasteiger partial charge in [0.15, 0.2) is 6.67 Å². The molecular formula is C18H21N4S2+. The van der Waals surface area contributed by atoms with Crippen molar-refractivity contribution in [2.75, 3.05) is 6.54 Å². The lowest BCUT2D eigenvalue weighted by atomic mass is 10.2. The van der Waals surface area contributed by atoms with Crippen molar-refractivity contribution in [3.63, 3.8) is 0 Å². The van der Waals surface area contributed by atoms with Gasteiger partial charge < -0.3 is 4.90 Å². The van der Waals surface area contributed by atoms with E-state index in [0.29, 0.717) is 6.04 Å². The van der Waals surface area contributed by atoms with Gasteiger partial charge in [0.05, 0.1) is 17.1 Å². The van der Waals surface area contributed by atoms with Gasteiger partial charge in [-0.25, -0.2) is 0 Å². The molecule has 3 heterocycles. The Bertz CT molecular complexity index is 879. The molecule has 1 fully saturated rings. The van der Waals surface area contributed by atoms with Crippen LogP contribution in [0.3, 0.4) is 0 Å². The van der Waals surface area contributed by atoms with Crippen LogP contribution in [0, 0.1) is 11.7 Å². The number of para-hydroxylation sites is 1. The largest absolute Gasteiger partial charge is 0.309 e. The van der Waals surface area contributed by atoms with Crippen molar-refractivity contribution >= 4 is 23.6 Å². The van der Waals surface area contributed by atoms with Crippen molar-refractivity contribution in [3.8, 4) is 5.69 Å². The van der Waals surface area contributed by atoms with Crippen LogP contribution < -0.4 is 4.90 Å². The molecule has 1 unspecified atom stereocenters. The number of nitrogens with one attached hydrogen (secondary N) is 1. The van der Waals surface area contributed by atoms with Crippen molar-refractivity contribution in [3.05, 3.63) is 63.3 Å². The first kappa shape index (κ1) is 15.7. The molecule has 1 N–H and O–H groups in total. The Labute approximate surface area is 151 Å². The van der Waals surface area contributed by atoms with E-state index in [4.69, 9.17) is 12.2 Å². The van der Waals surface area contributed by atoms with Crippen LogP contribution >= 0.6 is 23.6 Å². The van der Waals surface area contributed by atoms with Crippen LogP contribution in [0.2, 0.25) is 0 Å². The summed E-state index contributed by atoms with van der Waals surface area (Å²) in [6.07, 6.45) is 4.37. The third kappa shape index (κ3) is 2.85. The van der Waals surface area contributed by atoms with Crippen molar-refractivity contribution in [2.45, 2.75) is 32.5 Å². The Balaban J connectivity index is 1.60. The van der Waals surface area contributed by atoms with E-state index in [1.807, 2.05) is 39.0 Å². The van der Waals surface area contributed by atoms with Gasteiger partial charge in [-0.15, -0.1) is 11.3 Å². The number of rotatable bonds is 4. The summed E-state index contributed by atoms with van der Waals surface area (Å²) >= 11 is 7.55. The second-order valence-electron chi connectivity index (χ2n) is 6.35. The number of quaternary nitrogens is 1. The molecule has 1 saturated heterocycles. The van der Waals surface area contributed by atoms with Crippen LogP contribution in [0.4, 0.5) is 0 Å². The molecule has 0 spiro atoms. The normalized spacial score (nSPS) is 20.5. The number of aromatic nitrogens is 3. The average molecular weight is 358 g/mol. The predicted molar refractivity (Wildman–Crippen MR) is 99.2 cm³/mol. The van der Waals surface area contributed by atoms with Gasteiger partial charge in [0.25, 0.3) is 0 Å². The number of thiophene rings is 1. The second kappa shape index (κ2) is 6.63. The van der Waals surface area contributed by atoms with E-state index in [2.05, 4.69) is 41.7 Å². The van der Waals surface area contributed by atoms with Gasteiger partial charge in [-0.3, -0.25) is 4.57 Å². The first-order chi connectivity index (χ1) is 11.7. The van der Waals surface area contributed by atoms with E-state index in [-0.39, 0.29) is 0 Å². The summed E-state index contributed by atoms with van der Waals surface area (Å²) in [5, 5.41) is 6.74. The molecule has 1 aliphatic heterocycles. The van der Waals surface area contributed by atoms with Gasteiger partial charge in [0, 0.05) is 12.8 Å². The van der Waals surface area contributed by atoms with E-state index in [1.165, 1.54) is 29.8 Å². The first-order valence-corrected chi connectivity index (χ1v) is 9.61. The lowest BCUT2D eigenvalue weighted by Gasteiger charge is -2.20. The average Bonchev–Trinajstić information content (AvgIpc) is 3.31. The maximum atomic E-state index is 5.69. The Morgan fingerprint density at radius 2 is 2.17 bits per heavy atom. The molecule has 0 bridgehead atoms. The fourth-order valence-corrected chi connectivity index (χ4v) is 4.75. The summed E-state index contributed by atoms with van der Waals surface area (Å²) in [6, 6.07) is 13.3. The molecule has 1 aliphatic rings. The summed E-state index contributed by atoms with van der Waals surface area (Å²) in [4.78, 5) is 3.04. The lowest BCUT2D eigenvalue weighted by Crippen LogP contribution is -3.09. The number of hydrogen-bond donors (Lipinski definition) is 1. The molecule has 24 heavy (non-hydrogen) atoms. The zero-order valence-electron chi connectivity index (χ0n) is 13.7. The van der Waals surface area contributed by atoms with Crippen LogP contribution in [0.25, 0.3) is 5.69 Å². The molecule has 3 aromatic rings. The Morgan fingerprint density at radius 1 is 1.29 bits per heavy atom. The van der Waals surface area contributed by atoms with Gasteiger partial charge in [0.1, 0.15) is 12.4 Å². The first-order valence-electron chi connectivity index (χ1n) is 8.32. The summed E-state index contributed by atoms with van der Waals surface area (Å²) in [7, 11) is 0. The molecular weight excluding hydrogens is 336 g/mol. The molecule has 1 aromatic carbocycles. The Hall–Kier alpha value is -1.76. The van der Waals surface area contributed by atoms with Crippen molar-refractivity contribution < 1.29 is 4.90 Å². The number of aryl methyl sites for hydroxylation is 1. The molecule has 124 valence electrons. The van der Waals surface area contributed by atoms with Gasteiger partial charge in [-0.2, -0.15) is 9.78 Å². The summed E-state index contributed by atoms with van der Waals surface area (Å²) < 4.78 is 4.76.